The predicted octanol–water partition coefficient (Wildman–Crippen LogP) is 3.53. The number of halogens is 1. The molecule has 2 unspecified atom stereocenters. The Bertz CT molecular complexity index is 2030. The molecule has 4 saturated heterocycles. The van der Waals surface area contributed by atoms with Crippen molar-refractivity contribution in [3.63, 3.8) is 0 Å². The van der Waals surface area contributed by atoms with E-state index in [0.29, 0.717) is 19.4 Å². The lowest BCUT2D eigenvalue weighted by molar-refractivity contribution is -0.302. The van der Waals surface area contributed by atoms with Crippen LogP contribution in [-0.4, -0.2) is 198 Å². The first-order chi connectivity index (χ1) is 33.5. The van der Waals surface area contributed by atoms with Crippen LogP contribution in [0.1, 0.15) is 125 Å². The van der Waals surface area contributed by atoms with Gasteiger partial charge in [-0.2, -0.15) is 0 Å². The summed E-state index contributed by atoms with van der Waals surface area (Å²) < 4.78 is 70.3. The smallest absolute Gasteiger partial charge is 0.309 e. The largest absolute Gasteiger partial charge is 0.459 e. The summed E-state index contributed by atoms with van der Waals surface area (Å²) >= 11 is 0. The van der Waals surface area contributed by atoms with Crippen LogP contribution in [-0.2, 0) is 49.5 Å². The maximum atomic E-state index is 14.6. The Hall–Kier alpha value is -2.40. The van der Waals surface area contributed by atoms with Crippen LogP contribution in [0.15, 0.2) is 24.3 Å². The number of nitrogens with zero attached hydrogens (tertiary/aromatic N) is 2. The molecule has 19 heteroatoms. The summed E-state index contributed by atoms with van der Waals surface area (Å²) in [6.07, 6.45) is -7.35. The number of alkyl halides is 1. The van der Waals surface area contributed by atoms with E-state index in [-0.39, 0.29) is 67.9 Å². The van der Waals surface area contributed by atoms with E-state index < -0.39 is 130 Å². The number of ether oxygens (including phenoxy) is 5. The number of carbonyl (C=O) groups is 2. The minimum atomic E-state index is -3.04. The summed E-state index contributed by atoms with van der Waals surface area (Å²) in [6, 6.07) is 5.50. The van der Waals surface area contributed by atoms with Crippen LogP contribution in [0.3, 0.4) is 0 Å². The van der Waals surface area contributed by atoms with E-state index >= 15 is 0 Å². The van der Waals surface area contributed by atoms with Gasteiger partial charge in [-0.3, -0.25) is 9.59 Å². The second-order valence-electron chi connectivity index (χ2n) is 23.0. The first kappa shape index (κ1) is 60.5. The number of esters is 1. The van der Waals surface area contributed by atoms with Crippen molar-refractivity contribution in [3.05, 3.63) is 35.4 Å². The lowest BCUT2D eigenvalue weighted by Gasteiger charge is -2.51. The fourth-order valence-corrected chi connectivity index (χ4v) is 14.1. The van der Waals surface area contributed by atoms with Crippen LogP contribution >= 0.6 is 0 Å². The molecule has 6 N–H and O–H groups in total. The minimum Gasteiger partial charge on any atom is -0.459 e. The molecule has 0 saturated carbocycles. The standard InChI is InChI=1S/C53H90FN3O14S/c1-14-42-53(10,64)46(60)34(6)57(12)28-30(2)25-51(8,63)48(32(4)44(33(5)49(62)70-42)41-26-52(9,67-13)47(61)35(7)69-41)71-50-45(59)40(23-31(3)68-50)56(11)21-19-43(58)55-39(27-54)24-36-15-17-37(18-16-36)38-20-22-72(65,66)29-38/h15-18,30-35,38-42,44-48,50,59-61,63-64H,14,19-29H2,1-13H3,(H,55,58)/t30-,31-,32+,33-,34-,35+,38?,39+,40+,41-,42-,44?,45-,46-,47+,48-,50+,51-,52-,53-/m1/s1. The molecule has 1 amide bonds. The molecule has 0 spiro atoms. The second kappa shape index (κ2) is 24.7. The molecule has 0 bridgehead atoms. The molecule has 4 aliphatic heterocycles. The van der Waals surface area contributed by atoms with Crippen molar-refractivity contribution in [2.75, 3.05) is 52.5 Å². The molecular weight excluding hydrogens is 954 g/mol. The summed E-state index contributed by atoms with van der Waals surface area (Å²) in [4.78, 5) is 31.7. The van der Waals surface area contributed by atoms with Gasteiger partial charge in [0.15, 0.2) is 16.1 Å². The van der Waals surface area contributed by atoms with E-state index in [4.69, 9.17) is 23.7 Å². The van der Waals surface area contributed by atoms with Crippen molar-refractivity contribution in [1.82, 2.24) is 15.1 Å². The summed E-state index contributed by atoms with van der Waals surface area (Å²) in [5, 5.41) is 62.8. The Morgan fingerprint density at radius 2 is 1.67 bits per heavy atom. The number of hydrogen-bond acceptors (Lipinski definition) is 16. The Morgan fingerprint density at radius 1 is 1.01 bits per heavy atom. The zero-order chi connectivity index (χ0) is 53.8. The van der Waals surface area contributed by atoms with Crippen molar-refractivity contribution in [3.8, 4) is 0 Å². The molecule has 17 nitrogen and oxygen atoms in total. The number of aliphatic hydroxyl groups excluding tert-OH is 3. The fourth-order valence-electron chi connectivity index (χ4n) is 12.4. The van der Waals surface area contributed by atoms with Gasteiger partial charge in [0.25, 0.3) is 0 Å². The van der Waals surface area contributed by atoms with Crippen molar-refractivity contribution >= 4 is 21.7 Å². The fraction of sp³-hybridized carbons (Fsp3) is 0.849. The van der Waals surface area contributed by atoms with Crippen LogP contribution in [0.5, 0.6) is 0 Å². The summed E-state index contributed by atoms with van der Waals surface area (Å²) in [6.45, 7) is 17.4. The lowest BCUT2D eigenvalue weighted by Crippen LogP contribution is -2.62. The molecule has 20 atom stereocenters. The summed E-state index contributed by atoms with van der Waals surface area (Å²) in [7, 11) is 2.07. The number of hydrogen-bond donors (Lipinski definition) is 6. The molecule has 5 rings (SSSR count). The molecule has 414 valence electrons. The van der Waals surface area contributed by atoms with E-state index in [1.165, 1.54) is 14.0 Å². The van der Waals surface area contributed by atoms with Gasteiger partial charge in [0.2, 0.25) is 5.91 Å². The number of carbonyl (C=O) groups excluding carboxylic acids is 2. The molecule has 0 aromatic heterocycles. The van der Waals surface area contributed by atoms with Crippen molar-refractivity contribution < 1.29 is 71.6 Å². The van der Waals surface area contributed by atoms with Gasteiger partial charge in [-0.15, -0.1) is 0 Å². The maximum absolute atomic E-state index is 14.6. The third kappa shape index (κ3) is 14.3. The number of amides is 1. The highest BCUT2D eigenvalue weighted by atomic mass is 32.2. The number of likely N-dealkylation sites (N-methyl/N-ethyl adjacent to an activating group) is 2. The predicted molar refractivity (Wildman–Crippen MR) is 270 cm³/mol. The Balaban J connectivity index is 1.39. The normalized spacial score (nSPS) is 42.3. The molecule has 4 fully saturated rings. The van der Waals surface area contributed by atoms with Crippen molar-refractivity contribution in [2.24, 2.45) is 23.7 Å². The van der Waals surface area contributed by atoms with Gasteiger partial charge in [-0.25, -0.2) is 12.8 Å². The van der Waals surface area contributed by atoms with E-state index in [0.717, 1.165) is 11.1 Å². The Labute approximate surface area is 428 Å². The van der Waals surface area contributed by atoms with Gasteiger partial charge >= 0.3 is 5.97 Å². The highest BCUT2D eigenvalue weighted by Crippen LogP contribution is 2.45. The van der Waals surface area contributed by atoms with E-state index in [9.17, 15) is 47.9 Å². The minimum absolute atomic E-state index is 0.00130. The van der Waals surface area contributed by atoms with Gasteiger partial charge in [0.05, 0.1) is 59.1 Å². The molecule has 1 aromatic carbocycles. The highest BCUT2D eigenvalue weighted by molar-refractivity contribution is 7.91. The zero-order valence-electron chi connectivity index (χ0n) is 45.2. The van der Waals surface area contributed by atoms with Crippen molar-refractivity contribution in [2.45, 2.75) is 210 Å². The van der Waals surface area contributed by atoms with Crippen LogP contribution in [0.25, 0.3) is 0 Å². The third-order valence-corrected chi connectivity index (χ3v) is 18.6. The summed E-state index contributed by atoms with van der Waals surface area (Å²) in [5.74, 6) is -3.51. The zero-order valence-corrected chi connectivity index (χ0v) is 46.0. The van der Waals surface area contributed by atoms with Crippen LogP contribution in [0.4, 0.5) is 4.39 Å². The quantitative estimate of drug-likeness (QED) is 0.146. The molecule has 4 heterocycles. The number of sulfone groups is 1. The number of benzene rings is 1. The molecule has 72 heavy (non-hydrogen) atoms. The van der Waals surface area contributed by atoms with Crippen molar-refractivity contribution in [1.29, 1.82) is 0 Å². The van der Waals surface area contributed by atoms with Gasteiger partial charge in [0.1, 0.15) is 36.7 Å². The summed E-state index contributed by atoms with van der Waals surface area (Å²) in [5.41, 5.74) is -2.85. The third-order valence-electron chi connectivity index (χ3n) is 16.9. The Morgan fingerprint density at radius 3 is 2.25 bits per heavy atom. The highest BCUT2D eigenvalue weighted by Gasteiger charge is 2.55. The van der Waals surface area contributed by atoms with Gasteiger partial charge in [-0.05, 0) is 117 Å². The molecule has 0 aliphatic carbocycles. The first-order valence-corrected chi connectivity index (χ1v) is 28.1. The van der Waals surface area contributed by atoms with Gasteiger partial charge in [-0.1, -0.05) is 52.0 Å². The monoisotopic (exact) mass is 1040 g/mol. The number of aliphatic hydroxyl groups is 5. The van der Waals surface area contributed by atoms with Crippen LogP contribution < -0.4 is 5.32 Å². The SMILES string of the molecule is CC[C@H]1OC(=O)[C@H](C)C([C@H]2C[C@@](C)(OC)[C@@H](O)[C@H](C)O2)[C@H](C)[C@@H](O[C@@H]2O[C@H](C)C[C@H](N(C)CCC(=O)N[C@H](CF)Cc3ccc(C4CCS(=O)(=O)C4)cc3)[C@H]2O)[C@](C)(O)C[C@@H](C)CN(C)[C@H](C)[C@@H](O)[C@]1(C)O. The van der Waals surface area contributed by atoms with Crippen LogP contribution in [0, 0.1) is 23.7 Å². The topological polar surface area (TPSA) is 234 Å². The average Bonchev–Trinajstić information content (AvgIpc) is 3.69. The van der Waals surface area contributed by atoms with Crippen LogP contribution in [0.2, 0.25) is 0 Å². The second-order valence-corrected chi connectivity index (χ2v) is 25.2. The number of cyclic esters (lactones) is 1. The maximum Gasteiger partial charge on any atom is 0.309 e. The van der Waals surface area contributed by atoms with E-state index in [1.807, 2.05) is 61.9 Å². The molecular formula is C53H90FN3O14S. The number of rotatable bonds is 14. The lowest BCUT2D eigenvalue weighted by atomic mass is 9.68. The van der Waals surface area contributed by atoms with Gasteiger partial charge < -0.3 is 64.3 Å². The average molecular weight is 1040 g/mol. The first-order valence-electron chi connectivity index (χ1n) is 26.2. The van der Waals surface area contributed by atoms with Gasteiger partial charge in [0, 0.05) is 51.0 Å². The molecule has 1 aromatic rings. The number of nitrogens with one attached hydrogen (secondary N) is 1. The van der Waals surface area contributed by atoms with E-state index in [1.54, 1.807) is 48.6 Å². The van der Waals surface area contributed by atoms with E-state index in [2.05, 4.69) is 5.32 Å². The molecule has 4 aliphatic rings. The molecule has 0 radical (unpaired) electrons. The Kier molecular flexibility index (Phi) is 20.8. The number of methoxy groups -OCH3 is 1.